The molecule has 0 bridgehead atoms. The van der Waals surface area contributed by atoms with Crippen LogP contribution in [0.2, 0.25) is 5.02 Å². The van der Waals surface area contributed by atoms with Gasteiger partial charge in [0, 0.05) is 38.2 Å². The summed E-state index contributed by atoms with van der Waals surface area (Å²) in [5.41, 5.74) is 2.49. The van der Waals surface area contributed by atoms with Crippen LogP contribution >= 0.6 is 11.6 Å². The monoisotopic (exact) mass is 578 g/mol. The summed E-state index contributed by atoms with van der Waals surface area (Å²) in [7, 11) is 1.58. The van der Waals surface area contributed by atoms with E-state index in [1.165, 1.54) is 22.0 Å². The van der Waals surface area contributed by atoms with Crippen LogP contribution in [0.5, 0.6) is 5.75 Å². The van der Waals surface area contributed by atoms with Crippen LogP contribution in [-0.4, -0.2) is 85.4 Å². The van der Waals surface area contributed by atoms with E-state index in [0.29, 0.717) is 54.8 Å². The molecule has 2 aliphatic heterocycles. The molecule has 8 nitrogen and oxygen atoms in total. The highest BCUT2D eigenvalue weighted by Crippen LogP contribution is 2.37. The highest BCUT2D eigenvalue weighted by Gasteiger charge is 2.36. The van der Waals surface area contributed by atoms with Crippen LogP contribution in [0.3, 0.4) is 0 Å². The lowest BCUT2D eigenvalue weighted by Gasteiger charge is -2.31. The SMILES string of the molecule is COc1ccccc1[C@@H]1CC(c2ccc(F)cc2)=NN1C(=O)CN(CCN1CCOCC1)C(=O)c1ccccc1Cl. The van der Waals surface area contributed by atoms with E-state index in [4.69, 9.17) is 26.2 Å². The van der Waals surface area contributed by atoms with Crippen molar-refractivity contribution in [3.8, 4) is 5.75 Å². The maximum absolute atomic E-state index is 14.0. The molecule has 1 atom stereocenters. The van der Waals surface area contributed by atoms with Gasteiger partial charge in [-0.15, -0.1) is 0 Å². The van der Waals surface area contributed by atoms with Crippen LogP contribution in [0.25, 0.3) is 0 Å². The zero-order valence-corrected chi connectivity index (χ0v) is 23.6. The molecule has 0 spiro atoms. The van der Waals surface area contributed by atoms with E-state index in [0.717, 1.165) is 24.2 Å². The molecule has 214 valence electrons. The molecule has 0 radical (unpaired) electrons. The molecule has 0 aromatic heterocycles. The number of benzene rings is 3. The lowest BCUT2D eigenvalue weighted by Crippen LogP contribution is -2.46. The number of morpholine rings is 1. The Labute approximate surface area is 243 Å². The Morgan fingerprint density at radius 3 is 2.49 bits per heavy atom. The first kappa shape index (κ1) is 28.7. The van der Waals surface area contributed by atoms with Crippen molar-refractivity contribution < 1.29 is 23.5 Å². The third-order valence-electron chi connectivity index (χ3n) is 7.35. The van der Waals surface area contributed by atoms with Crippen LogP contribution in [0.4, 0.5) is 4.39 Å². The van der Waals surface area contributed by atoms with Crippen molar-refractivity contribution in [1.82, 2.24) is 14.8 Å². The first-order chi connectivity index (χ1) is 19.9. The van der Waals surface area contributed by atoms with E-state index >= 15 is 0 Å². The summed E-state index contributed by atoms with van der Waals surface area (Å²) in [6.07, 6.45) is 0.407. The van der Waals surface area contributed by atoms with Crippen LogP contribution in [0.1, 0.15) is 33.9 Å². The van der Waals surface area contributed by atoms with Gasteiger partial charge in [-0.3, -0.25) is 14.5 Å². The number of halogens is 2. The molecule has 0 saturated carbocycles. The Hall–Kier alpha value is -3.79. The van der Waals surface area contributed by atoms with Crippen molar-refractivity contribution >= 4 is 29.1 Å². The Morgan fingerprint density at radius 2 is 1.76 bits per heavy atom. The molecule has 2 aliphatic rings. The summed E-state index contributed by atoms with van der Waals surface area (Å²) in [5.74, 6) is -0.397. The Morgan fingerprint density at radius 1 is 1.05 bits per heavy atom. The van der Waals surface area contributed by atoms with Crippen molar-refractivity contribution in [2.75, 3.05) is 53.0 Å². The maximum Gasteiger partial charge on any atom is 0.262 e. The minimum absolute atomic E-state index is 0.194. The molecule has 10 heteroatoms. The average molecular weight is 579 g/mol. The first-order valence-corrected chi connectivity index (χ1v) is 13.9. The number of amides is 2. The Balaban J connectivity index is 1.44. The smallest absolute Gasteiger partial charge is 0.262 e. The molecule has 0 unspecified atom stereocenters. The van der Waals surface area contributed by atoms with E-state index in [1.807, 2.05) is 24.3 Å². The second-order valence-corrected chi connectivity index (χ2v) is 10.3. The number of methoxy groups -OCH3 is 1. The predicted molar refractivity (Wildman–Crippen MR) is 155 cm³/mol. The van der Waals surface area contributed by atoms with Gasteiger partial charge >= 0.3 is 0 Å². The molecule has 41 heavy (non-hydrogen) atoms. The second kappa shape index (κ2) is 13.2. The second-order valence-electron chi connectivity index (χ2n) is 9.91. The largest absolute Gasteiger partial charge is 0.496 e. The summed E-state index contributed by atoms with van der Waals surface area (Å²) in [6.45, 7) is 3.51. The minimum Gasteiger partial charge on any atom is -0.496 e. The Kier molecular flexibility index (Phi) is 9.28. The predicted octanol–water partition coefficient (Wildman–Crippen LogP) is 4.64. The lowest BCUT2D eigenvalue weighted by molar-refractivity contribution is -0.133. The summed E-state index contributed by atoms with van der Waals surface area (Å²) < 4.78 is 24.7. The number of hydrogen-bond donors (Lipinski definition) is 0. The van der Waals surface area contributed by atoms with Gasteiger partial charge in [0.15, 0.2) is 0 Å². The topological polar surface area (TPSA) is 74.7 Å². The normalized spacial score (nSPS) is 17.3. The van der Waals surface area contributed by atoms with Gasteiger partial charge in [0.1, 0.15) is 18.1 Å². The fourth-order valence-corrected chi connectivity index (χ4v) is 5.34. The number of carbonyl (C=O) groups excluding carboxylic acids is 2. The highest BCUT2D eigenvalue weighted by molar-refractivity contribution is 6.33. The molecule has 5 rings (SSSR count). The van der Waals surface area contributed by atoms with E-state index < -0.39 is 6.04 Å². The van der Waals surface area contributed by atoms with Gasteiger partial charge in [-0.05, 0) is 35.9 Å². The van der Waals surface area contributed by atoms with E-state index in [-0.39, 0.29) is 24.2 Å². The lowest BCUT2D eigenvalue weighted by atomic mass is 9.97. The van der Waals surface area contributed by atoms with Gasteiger partial charge < -0.3 is 14.4 Å². The van der Waals surface area contributed by atoms with Crippen molar-refractivity contribution in [3.63, 3.8) is 0 Å². The summed E-state index contributed by atoms with van der Waals surface area (Å²) in [5, 5.41) is 6.46. The van der Waals surface area contributed by atoms with Gasteiger partial charge in [0.2, 0.25) is 0 Å². The van der Waals surface area contributed by atoms with Gasteiger partial charge in [-0.1, -0.05) is 54.1 Å². The van der Waals surface area contributed by atoms with Gasteiger partial charge in [0.05, 0.1) is 42.7 Å². The number of hydrogen-bond acceptors (Lipinski definition) is 6. The standard InChI is InChI=1S/C31H32ClFN4O4/c1-40-29-9-5-3-7-25(29)28-20-27(22-10-12-23(33)13-11-22)34-37(28)30(38)21-36(15-14-35-16-18-41-19-17-35)31(39)24-6-2-4-8-26(24)32/h2-13,28H,14-21H2,1H3/t28-/m0/s1. The molecular weight excluding hydrogens is 547 g/mol. The quantitative estimate of drug-likeness (QED) is 0.370. The van der Waals surface area contributed by atoms with Crippen molar-refractivity contribution in [2.45, 2.75) is 12.5 Å². The molecule has 0 N–H and O–H groups in total. The third kappa shape index (κ3) is 6.75. The molecule has 2 heterocycles. The number of carbonyl (C=O) groups is 2. The number of rotatable bonds is 9. The zero-order chi connectivity index (χ0) is 28.8. The van der Waals surface area contributed by atoms with E-state index in [9.17, 15) is 14.0 Å². The number of para-hydroxylation sites is 1. The molecule has 1 fully saturated rings. The number of nitrogens with zero attached hydrogens (tertiary/aromatic N) is 4. The van der Waals surface area contributed by atoms with Crippen LogP contribution in [0.15, 0.2) is 77.9 Å². The minimum atomic E-state index is -0.463. The molecule has 2 amide bonds. The average Bonchev–Trinajstić information content (AvgIpc) is 3.45. The van der Waals surface area contributed by atoms with Crippen LogP contribution in [0, 0.1) is 5.82 Å². The third-order valence-corrected chi connectivity index (χ3v) is 7.68. The summed E-state index contributed by atoms with van der Waals surface area (Å²) >= 11 is 6.38. The summed E-state index contributed by atoms with van der Waals surface area (Å²) in [6, 6.07) is 19.9. The molecule has 3 aromatic carbocycles. The van der Waals surface area contributed by atoms with E-state index in [2.05, 4.69) is 4.90 Å². The first-order valence-electron chi connectivity index (χ1n) is 13.6. The van der Waals surface area contributed by atoms with Gasteiger partial charge in [-0.2, -0.15) is 5.10 Å². The molecule has 3 aromatic rings. The molecular formula is C31H32ClFN4O4. The zero-order valence-electron chi connectivity index (χ0n) is 22.8. The molecule has 1 saturated heterocycles. The Bertz CT molecular complexity index is 1410. The molecule has 0 aliphatic carbocycles. The van der Waals surface area contributed by atoms with Gasteiger partial charge in [0.25, 0.3) is 11.8 Å². The van der Waals surface area contributed by atoms with Gasteiger partial charge in [-0.25, -0.2) is 9.40 Å². The maximum atomic E-state index is 14.0. The fourth-order valence-electron chi connectivity index (χ4n) is 5.12. The summed E-state index contributed by atoms with van der Waals surface area (Å²) in [4.78, 5) is 31.4. The van der Waals surface area contributed by atoms with E-state index in [1.54, 1.807) is 43.5 Å². The fraction of sp³-hybridized carbons (Fsp3) is 0.323. The van der Waals surface area contributed by atoms with Crippen molar-refractivity contribution in [3.05, 3.63) is 100 Å². The van der Waals surface area contributed by atoms with Crippen LogP contribution in [-0.2, 0) is 9.53 Å². The van der Waals surface area contributed by atoms with Crippen LogP contribution < -0.4 is 4.74 Å². The van der Waals surface area contributed by atoms with Crippen molar-refractivity contribution in [1.29, 1.82) is 0 Å². The van der Waals surface area contributed by atoms with Crippen molar-refractivity contribution in [2.24, 2.45) is 5.10 Å². The number of ether oxygens (including phenoxy) is 2. The highest BCUT2D eigenvalue weighted by atomic mass is 35.5. The number of hydrazone groups is 1.